The molecule has 0 bridgehead atoms. The predicted molar refractivity (Wildman–Crippen MR) is 99.1 cm³/mol. The third-order valence-corrected chi connectivity index (χ3v) is 6.15. The second-order valence-electron chi connectivity index (χ2n) is 7.82. The molecule has 0 radical (unpaired) electrons. The minimum absolute atomic E-state index is 0.165. The summed E-state index contributed by atoms with van der Waals surface area (Å²) < 4.78 is 5.99. The maximum Gasteiger partial charge on any atom is 0.253 e. The number of carbonyl (C=O) groups excluding carboxylic acids is 1. The quantitative estimate of drug-likeness (QED) is 0.836. The second-order valence-corrected chi connectivity index (χ2v) is 7.82. The molecule has 3 fully saturated rings. The molecular formula is C21H30N2O2. The summed E-state index contributed by atoms with van der Waals surface area (Å²) in [6, 6.07) is 8.54. The van der Waals surface area contributed by atoms with Crippen LogP contribution in [-0.4, -0.2) is 54.0 Å². The Kier molecular flexibility index (Phi) is 5.25. The normalized spacial score (nSPS) is 23.3. The standard InChI is InChI=1S/C21H30N2O2/c24-21(23-15-13-22(14-16-23)18-5-1-2-6-18)17-9-11-20(12-10-17)25-19-7-3-4-8-19/h9-12,18-19H,1-8,13-16H2. The van der Waals surface area contributed by atoms with E-state index in [-0.39, 0.29) is 5.91 Å². The Hall–Kier alpha value is -1.55. The number of hydrogen-bond donors (Lipinski definition) is 0. The highest BCUT2D eigenvalue weighted by atomic mass is 16.5. The third kappa shape index (κ3) is 4.00. The van der Waals surface area contributed by atoms with E-state index in [4.69, 9.17) is 4.74 Å². The van der Waals surface area contributed by atoms with Crippen molar-refractivity contribution in [1.82, 2.24) is 9.80 Å². The van der Waals surface area contributed by atoms with E-state index >= 15 is 0 Å². The molecule has 1 heterocycles. The molecule has 0 aromatic heterocycles. The van der Waals surface area contributed by atoms with Gasteiger partial charge < -0.3 is 9.64 Å². The lowest BCUT2D eigenvalue weighted by Gasteiger charge is -2.38. The molecule has 25 heavy (non-hydrogen) atoms. The van der Waals surface area contributed by atoms with Crippen molar-refractivity contribution in [2.24, 2.45) is 0 Å². The highest BCUT2D eigenvalue weighted by Crippen LogP contribution is 2.26. The lowest BCUT2D eigenvalue weighted by molar-refractivity contribution is 0.0573. The molecular weight excluding hydrogens is 312 g/mol. The van der Waals surface area contributed by atoms with E-state index in [0.717, 1.165) is 56.4 Å². The van der Waals surface area contributed by atoms with Crippen molar-refractivity contribution in [3.8, 4) is 5.75 Å². The van der Waals surface area contributed by atoms with Crippen LogP contribution in [0.25, 0.3) is 0 Å². The van der Waals surface area contributed by atoms with E-state index in [0.29, 0.717) is 6.10 Å². The Labute approximate surface area is 151 Å². The van der Waals surface area contributed by atoms with Gasteiger partial charge in [0.1, 0.15) is 5.75 Å². The SMILES string of the molecule is O=C(c1ccc(OC2CCCC2)cc1)N1CCN(C2CCCC2)CC1. The van der Waals surface area contributed by atoms with Gasteiger partial charge in [-0.2, -0.15) is 0 Å². The van der Waals surface area contributed by atoms with Crippen LogP contribution >= 0.6 is 0 Å². The Morgan fingerprint density at radius 3 is 2.08 bits per heavy atom. The largest absolute Gasteiger partial charge is 0.490 e. The van der Waals surface area contributed by atoms with Crippen LogP contribution in [0.4, 0.5) is 0 Å². The number of amides is 1. The number of nitrogens with zero attached hydrogens (tertiary/aromatic N) is 2. The Bertz CT molecular complexity index is 566. The Balaban J connectivity index is 1.30. The van der Waals surface area contributed by atoms with Crippen molar-refractivity contribution in [1.29, 1.82) is 0 Å². The molecule has 4 nitrogen and oxygen atoms in total. The van der Waals surface area contributed by atoms with E-state index in [9.17, 15) is 4.79 Å². The summed E-state index contributed by atoms with van der Waals surface area (Å²) in [5.41, 5.74) is 0.785. The van der Waals surface area contributed by atoms with Gasteiger partial charge in [0.05, 0.1) is 6.10 Å². The fraction of sp³-hybridized carbons (Fsp3) is 0.667. The number of benzene rings is 1. The number of piperazine rings is 1. The van der Waals surface area contributed by atoms with Gasteiger partial charge in [-0.3, -0.25) is 9.69 Å². The average molecular weight is 342 g/mol. The third-order valence-electron chi connectivity index (χ3n) is 6.15. The van der Waals surface area contributed by atoms with Gasteiger partial charge in [0, 0.05) is 37.8 Å². The summed E-state index contributed by atoms with van der Waals surface area (Å²) in [4.78, 5) is 17.4. The van der Waals surface area contributed by atoms with E-state index in [2.05, 4.69) is 4.90 Å². The molecule has 4 heteroatoms. The van der Waals surface area contributed by atoms with Gasteiger partial charge in [0.2, 0.25) is 0 Å². The smallest absolute Gasteiger partial charge is 0.253 e. The van der Waals surface area contributed by atoms with E-state index in [1.807, 2.05) is 29.2 Å². The van der Waals surface area contributed by atoms with Crippen molar-refractivity contribution in [2.75, 3.05) is 26.2 Å². The lowest BCUT2D eigenvalue weighted by Crippen LogP contribution is -2.51. The van der Waals surface area contributed by atoms with Gasteiger partial charge in [0.25, 0.3) is 5.91 Å². The van der Waals surface area contributed by atoms with Crippen LogP contribution in [0, 0.1) is 0 Å². The van der Waals surface area contributed by atoms with Crippen LogP contribution in [-0.2, 0) is 0 Å². The minimum Gasteiger partial charge on any atom is -0.490 e. The molecule has 1 aromatic rings. The summed E-state index contributed by atoms with van der Waals surface area (Å²) in [6.07, 6.45) is 10.7. The van der Waals surface area contributed by atoms with Gasteiger partial charge >= 0.3 is 0 Å². The molecule has 0 spiro atoms. The first kappa shape index (κ1) is 16.9. The van der Waals surface area contributed by atoms with Crippen LogP contribution < -0.4 is 4.74 Å². The molecule has 0 unspecified atom stereocenters. The zero-order valence-electron chi connectivity index (χ0n) is 15.2. The molecule has 3 aliphatic rings. The second kappa shape index (κ2) is 7.77. The number of hydrogen-bond acceptors (Lipinski definition) is 3. The summed E-state index contributed by atoms with van der Waals surface area (Å²) in [5, 5.41) is 0. The van der Waals surface area contributed by atoms with Gasteiger partial charge in [-0.1, -0.05) is 12.8 Å². The highest BCUT2D eigenvalue weighted by molar-refractivity contribution is 5.94. The number of ether oxygens (including phenoxy) is 1. The summed E-state index contributed by atoms with van der Waals surface area (Å²) in [7, 11) is 0. The van der Waals surface area contributed by atoms with E-state index in [1.165, 1.54) is 38.5 Å². The average Bonchev–Trinajstić information content (AvgIpc) is 3.36. The first-order valence-corrected chi connectivity index (χ1v) is 10.1. The Morgan fingerprint density at radius 2 is 1.44 bits per heavy atom. The van der Waals surface area contributed by atoms with Crippen molar-refractivity contribution in [3.63, 3.8) is 0 Å². The Morgan fingerprint density at radius 1 is 0.840 bits per heavy atom. The zero-order valence-corrected chi connectivity index (χ0v) is 15.2. The maximum atomic E-state index is 12.8. The van der Waals surface area contributed by atoms with Gasteiger partial charge in [-0.05, 0) is 62.8 Å². The predicted octanol–water partition coefficient (Wildman–Crippen LogP) is 3.71. The molecule has 1 aromatic carbocycles. The van der Waals surface area contributed by atoms with Gasteiger partial charge in [-0.15, -0.1) is 0 Å². The summed E-state index contributed by atoms with van der Waals surface area (Å²) in [5.74, 6) is 1.06. The molecule has 2 aliphatic carbocycles. The fourth-order valence-corrected chi connectivity index (χ4v) is 4.62. The molecule has 0 N–H and O–H groups in total. The van der Waals surface area contributed by atoms with Crippen LogP contribution in [0.2, 0.25) is 0 Å². The lowest BCUT2D eigenvalue weighted by atomic mass is 10.1. The molecule has 2 saturated carbocycles. The number of rotatable bonds is 4. The van der Waals surface area contributed by atoms with Crippen LogP contribution in [0.5, 0.6) is 5.75 Å². The molecule has 1 aliphatic heterocycles. The minimum atomic E-state index is 0.165. The summed E-state index contributed by atoms with van der Waals surface area (Å²) in [6.45, 7) is 3.77. The van der Waals surface area contributed by atoms with E-state index < -0.39 is 0 Å². The molecule has 1 saturated heterocycles. The molecule has 136 valence electrons. The molecule has 4 rings (SSSR count). The topological polar surface area (TPSA) is 32.8 Å². The van der Waals surface area contributed by atoms with Gasteiger partial charge in [0.15, 0.2) is 0 Å². The number of carbonyl (C=O) groups is 1. The van der Waals surface area contributed by atoms with Crippen LogP contribution in [0.1, 0.15) is 61.7 Å². The highest BCUT2D eigenvalue weighted by Gasteiger charge is 2.28. The molecule has 0 atom stereocenters. The maximum absolute atomic E-state index is 12.8. The summed E-state index contributed by atoms with van der Waals surface area (Å²) >= 11 is 0. The van der Waals surface area contributed by atoms with Crippen LogP contribution in [0.3, 0.4) is 0 Å². The van der Waals surface area contributed by atoms with Gasteiger partial charge in [-0.25, -0.2) is 0 Å². The first-order valence-electron chi connectivity index (χ1n) is 10.1. The van der Waals surface area contributed by atoms with Crippen molar-refractivity contribution in [3.05, 3.63) is 29.8 Å². The van der Waals surface area contributed by atoms with Crippen LogP contribution in [0.15, 0.2) is 24.3 Å². The van der Waals surface area contributed by atoms with Crippen molar-refractivity contribution in [2.45, 2.75) is 63.5 Å². The molecule has 1 amide bonds. The van der Waals surface area contributed by atoms with Crippen molar-refractivity contribution < 1.29 is 9.53 Å². The zero-order chi connectivity index (χ0) is 17.1. The monoisotopic (exact) mass is 342 g/mol. The fourth-order valence-electron chi connectivity index (χ4n) is 4.62. The first-order chi connectivity index (χ1) is 12.3. The van der Waals surface area contributed by atoms with Crippen molar-refractivity contribution >= 4 is 5.91 Å². The van der Waals surface area contributed by atoms with E-state index in [1.54, 1.807) is 0 Å².